The van der Waals surface area contributed by atoms with E-state index in [1.54, 1.807) is 11.8 Å². The molecule has 14 heavy (non-hydrogen) atoms. The van der Waals surface area contributed by atoms with Gasteiger partial charge >= 0.3 is 0 Å². The number of nitrogens with zero attached hydrogens (tertiary/aromatic N) is 1. The van der Waals surface area contributed by atoms with Gasteiger partial charge in [0.1, 0.15) is 6.04 Å². The van der Waals surface area contributed by atoms with Gasteiger partial charge in [0.15, 0.2) is 5.17 Å². The number of aliphatic imine (C=N–C) groups is 1. The Morgan fingerprint density at radius 2 is 2.43 bits per heavy atom. The van der Waals surface area contributed by atoms with Gasteiger partial charge < -0.3 is 10.6 Å². The number of thioether (sulfide) groups is 1. The molecular weight excluding hydrogens is 198 g/mol. The van der Waals surface area contributed by atoms with Crippen LogP contribution in [0.4, 0.5) is 0 Å². The standard InChI is InChI=1S/C9H15N3OS/c1-6-5-14-9(11-6)12-7-3-2-4-10-8(7)13/h6-7H,2-5H2,1H3,(H,10,13)(H,11,12). The Morgan fingerprint density at radius 3 is 3.07 bits per heavy atom. The third-order valence-electron chi connectivity index (χ3n) is 2.37. The Hall–Kier alpha value is -0.710. The molecule has 2 aliphatic heterocycles. The van der Waals surface area contributed by atoms with Gasteiger partial charge in [-0.05, 0) is 19.8 Å². The molecule has 0 radical (unpaired) electrons. The summed E-state index contributed by atoms with van der Waals surface area (Å²) in [4.78, 5) is 15.8. The maximum atomic E-state index is 11.4. The second kappa shape index (κ2) is 4.21. The number of rotatable bonds is 1. The quantitative estimate of drug-likeness (QED) is 0.660. The van der Waals surface area contributed by atoms with Crippen LogP contribution in [0.1, 0.15) is 19.8 Å². The van der Waals surface area contributed by atoms with Crippen molar-refractivity contribution in [2.75, 3.05) is 12.3 Å². The molecule has 0 aromatic heterocycles. The summed E-state index contributed by atoms with van der Waals surface area (Å²) in [5.41, 5.74) is 0. The maximum Gasteiger partial charge on any atom is 0.244 e. The second-order valence-corrected chi connectivity index (χ2v) is 4.75. The fourth-order valence-electron chi connectivity index (χ4n) is 1.59. The van der Waals surface area contributed by atoms with E-state index in [-0.39, 0.29) is 11.9 Å². The lowest BCUT2D eigenvalue weighted by molar-refractivity contribution is -0.123. The monoisotopic (exact) mass is 213 g/mol. The molecule has 2 atom stereocenters. The van der Waals surface area contributed by atoms with Crippen molar-refractivity contribution < 1.29 is 4.79 Å². The number of amides is 1. The van der Waals surface area contributed by atoms with Gasteiger partial charge in [0.05, 0.1) is 0 Å². The van der Waals surface area contributed by atoms with Gasteiger partial charge in [-0.2, -0.15) is 0 Å². The minimum absolute atomic E-state index is 0.0747. The van der Waals surface area contributed by atoms with Crippen molar-refractivity contribution in [2.45, 2.75) is 31.8 Å². The average Bonchev–Trinajstić information content (AvgIpc) is 2.56. The van der Waals surface area contributed by atoms with E-state index in [4.69, 9.17) is 0 Å². The smallest absolute Gasteiger partial charge is 0.244 e. The zero-order chi connectivity index (χ0) is 9.97. The molecule has 2 rings (SSSR count). The van der Waals surface area contributed by atoms with Gasteiger partial charge in [-0.15, -0.1) is 0 Å². The van der Waals surface area contributed by atoms with Gasteiger partial charge in [0.25, 0.3) is 0 Å². The van der Waals surface area contributed by atoms with E-state index < -0.39 is 0 Å². The first kappa shape index (κ1) is 9.83. The fraction of sp³-hybridized carbons (Fsp3) is 0.778. The summed E-state index contributed by atoms with van der Waals surface area (Å²) in [6, 6.07) is 0.314. The van der Waals surface area contributed by atoms with Crippen molar-refractivity contribution in [2.24, 2.45) is 4.99 Å². The number of carbonyl (C=O) groups excluding carboxylic acids is 1. The van der Waals surface area contributed by atoms with Crippen LogP contribution in [0.3, 0.4) is 0 Å². The van der Waals surface area contributed by atoms with Crippen molar-refractivity contribution in [1.82, 2.24) is 10.6 Å². The lowest BCUT2D eigenvalue weighted by atomic mass is 10.1. The molecular formula is C9H15N3OS. The van der Waals surface area contributed by atoms with E-state index in [9.17, 15) is 4.79 Å². The topological polar surface area (TPSA) is 53.5 Å². The molecule has 5 heteroatoms. The minimum Gasteiger partial charge on any atom is -0.362 e. The lowest BCUT2D eigenvalue weighted by Crippen LogP contribution is -2.40. The third kappa shape index (κ3) is 2.20. The van der Waals surface area contributed by atoms with Gasteiger partial charge in [-0.1, -0.05) is 11.8 Å². The molecule has 2 aliphatic rings. The summed E-state index contributed by atoms with van der Waals surface area (Å²) in [6.45, 7) is 2.92. The summed E-state index contributed by atoms with van der Waals surface area (Å²) < 4.78 is 0. The fourth-order valence-corrected chi connectivity index (χ4v) is 2.57. The van der Waals surface area contributed by atoms with Crippen molar-refractivity contribution in [1.29, 1.82) is 0 Å². The SMILES string of the molecule is CC1CSC(=NC2CCCNC2=O)N1. The molecule has 0 aromatic rings. The number of nitrogens with one attached hydrogen (secondary N) is 2. The summed E-state index contributed by atoms with van der Waals surface area (Å²) in [5, 5.41) is 7.02. The van der Waals surface area contributed by atoms with Crippen LogP contribution >= 0.6 is 11.8 Å². The summed E-state index contributed by atoms with van der Waals surface area (Å²) in [6.07, 6.45) is 1.92. The molecule has 2 fully saturated rings. The van der Waals surface area contributed by atoms with Crippen molar-refractivity contribution in [3.8, 4) is 0 Å². The third-order valence-corrected chi connectivity index (χ3v) is 3.53. The van der Waals surface area contributed by atoms with Crippen LogP contribution in [0.25, 0.3) is 0 Å². The lowest BCUT2D eigenvalue weighted by Gasteiger charge is -2.18. The van der Waals surface area contributed by atoms with Gasteiger partial charge in [-0.3, -0.25) is 4.79 Å². The molecule has 2 N–H and O–H groups in total. The molecule has 4 nitrogen and oxygen atoms in total. The summed E-state index contributed by atoms with van der Waals surface area (Å²) in [5.74, 6) is 1.12. The van der Waals surface area contributed by atoms with E-state index in [0.29, 0.717) is 6.04 Å². The highest BCUT2D eigenvalue weighted by atomic mass is 32.2. The molecule has 2 heterocycles. The minimum atomic E-state index is -0.163. The van der Waals surface area contributed by atoms with Crippen molar-refractivity contribution >= 4 is 22.8 Å². The molecule has 78 valence electrons. The maximum absolute atomic E-state index is 11.4. The molecule has 1 amide bonds. The van der Waals surface area contributed by atoms with Crippen LogP contribution < -0.4 is 10.6 Å². The number of amidine groups is 1. The van der Waals surface area contributed by atoms with Crippen molar-refractivity contribution in [3.63, 3.8) is 0 Å². The predicted molar refractivity (Wildman–Crippen MR) is 58.5 cm³/mol. The Balaban J connectivity index is 1.97. The van der Waals surface area contributed by atoms with E-state index in [1.165, 1.54) is 0 Å². The van der Waals surface area contributed by atoms with E-state index in [0.717, 1.165) is 30.3 Å². The first-order valence-electron chi connectivity index (χ1n) is 5.00. The molecule has 0 aliphatic carbocycles. The zero-order valence-electron chi connectivity index (χ0n) is 8.25. The van der Waals surface area contributed by atoms with E-state index in [2.05, 4.69) is 22.5 Å². The Kier molecular flexibility index (Phi) is 2.96. The van der Waals surface area contributed by atoms with Gasteiger partial charge in [0, 0.05) is 18.3 Å². The number of piperidine rings is 1. The summed E-state index contributed by atoms with van der Waals surface area (Å²) >= 11 is 1.71. The highest BCUT2D eigenvalue weighted by Gasteiger charge is 2.24. The van der Waals surface area contributed by atoms with Crippen LogP contribution in [0, 0.1) is 0 Å². The van der Waals surface area contributed by atoms with Gasteiger partial charge in [0.2, 0.25) is 5.91 Å². The van der Waals surface area contributed by atoms with Crippen LogP contribution in [0.2, 0.25) is 0 Å². The number of hydrogen-bond acceptors (Lipinski definition) is 3. The Morgan fingerprint density at radius 1 is 1.57 bits per heavy atom. The molecule has 0 bridgehead atoms. The molecule has 0 aromatic carbocycles. The molecule has 0 spiro atoms. The highest BCUT2D eigenvalue weighted by molar-refractivity contribution is 8.14. The zero-order valence-corrected chi connectivity index (χ0v) is 9.06. The predicted octanol–water partition coefficient (Wildman–Crippen LogP) is 0.346. The van der Waals surface area contributed by atoms with Crippen molar-refractivity contribution in [3.05, 3.63) is 0 Å². The van der Waals surface area contributed by atoms with E-state index >= 15 is 0 Å². The highest BCUT2D eigenvalue weighted by Crippen LogP contribution is 2.16. The molecule has 2 saturated heterocycles. The van der Waals surface area contributed by atoms with Crippen LogP contribution in [0.15, 0.2) is 4.99 Å². The van der Waals surface area contributed by atoms with Crippen LogP contribution in [-0.2, 0) is 4.79 Å². The Labute approximate surface area is 87.9 Å². The molecule has 2 unspecified atom stereocenters. The molecule has 0 saturated carbocycles. The average molecular weight is 213 g/mol. The van der Waals surface area contributed by atoms with Gasteiger partial charge in [-0.25, -0.2) is 4.99 Å². The van der Waals surface area contributed by atoms with Crippen LogP contribution in [0.5, 0.6) is 0 Å². The summed E-state index contributed by atoms with van der Waals surface area (Å²) in [7, 11) is 0. The van der Waals surface area contributed by atoms with Crippen LogP contribution in [-0.4, -0.2) is 35.5 Å². The number of hydrogen-bond donors (Lipinski definition) is 2. The largest absolute Gasteiger partial charge is 0.362 e. The Bertz CT molecular complexity index is 267. The normalized spacial score (nSPS) is 35.5. The first-order chi connectivity index (χ1) is 6.75. The first-order valence-corrected chi connectivity index (χ1v) is 5.99. The second-order valence-electron chi connectivity index (χ2n) is 3.74. The van der Waals surface area contributed by atoms with E-state index in [1.807, 2.05) is 0 Å². The number of carbonyl (C=O) groups is 1.